The van der Waals surface area contributed by atoms with Crippen LogP contribution in [-0.4, -0.2) is 57.1 Å². The van der Waals surface area contributed by atoms with Crippen LogP contribution in [0.4, 0.5) is 5.82 Å². The zero-order chi connectivity index (χ0) is 22.2. The lowest BCUT2D eigenvalue weighted by Gasteiger charge is -2.39. The molecule has 6 heteroatoms. The Morgan fingerprint density at radius 1 is 1.09 bits per heavy atom. The van der Waals surface area contributed by atoms with Crippen LogP contribution in [0.25, 0.3) is 11.1 Å². The van der Waals surface area contributed by atoms with Gasteiger partial charge in [-0.1, -0.05) is 24.3 Å². The summed E-state index contributed by atoms with van der Waals surface area (Å²) in [5.74, 6) is 0.327. The summed E-state index contributed by atoms with van der Waals surface area (Å²) in [5.41, 5.74) is 11.2. The van der Waals surface area contributed by atoms with Gasteiger partial charge in [-0.2, -0.15) is 0 Å². The highest BCUT2D eigenvalue weighted by Crippen LogP contribution is 2.35. The first-order valence-electron chi connectivity index (χ1n) is 12.1. The predicted octanol–water partition coefficient (Wildman–Crippen LogP) is 3.62. The second kappa shape index (κ2) is 8.83. The molecule has 1 aromatic carbocycles. The highest BCUT2D eigenvalue weighted by molar-refractivity contribution is 6.02. The number of aliphatic hydroxyl groups excluding tert-OH is 1. The van der Waals surface area contributed by atoms with Gasteiger partial charge in [-0.05, 0) is 75.1 Å². The molecule has 1 saturated heterocycles. The van der Waals surface area contributed by atoms with Crippen LogP contribution in [0.2, 0.25) is 0 Å². The standard InChI is InChI=1S/C26H34N4O2/c1-17-3-2-13-29(17)16-18-4-6-19(7-5-18)23-15-28-25(27)24-22(23)12-14-30(26(24)32)20-8-10-21(31)11-9-20/h4-7,15,17,20-21,31H,2-3,8-14,16H2,1H3,(H2,27,28)/t17-,20?,21?/m1/s1. The number of aromatic nitrogens is 1. The molecule has 5 rings (SSSR count). The van der Waals surface area contributed by atoms with Crippen molar-refractivity contribution >= 4 is 11.7 Å². The van der Waals surface area contributed by atoms with Crippen LogP contribution >= 0.6 is 0 Å². The summed E-state index contributed by atoms with van der Waals surface area (Å²) < 4.78 is 0. The number of hydrogen-bond donors (Lipinski definition) is 2. The van der Waals surface area contributed by atoms with E-state index in [0.29, 0.717) is 24.0 Å². The Bertz CT molecular complexity index is 982. The van der Waals surface area contributed by atoms with Gasteiger partial charge in [0.2, 0.25) is 0 Å². The van der Waals surface area contributed by atoms with E-state index in [1.807, 2.05) is 11.1 Å². The molecule has 1 atom stereocenters. The molecule has 0 radical (unpaired) electrons. The van der Waals surface area contributed by atoms with Crippen molar-refractivity contribution < 1.29 is 9.90 Å². The Morgan fingerprint density at radius 3 is 2.53 bits per heavy atom. The van der Waals surface area contributed by atoms with E-state index in [1.54, 1.807) is 0 Å². The summed E-state index contributed by atoms with van der Waals surface area (Å²) in [7, 11) is 0. The van der Waals surface area contributed by atoms with Gasteiger partial charge in [0.25, 0.3) is 5.91 Å². The van der Waals surface area contributed by atoms with Crippen molar-refractivity contribution in [1.82, 2.24) is 14.8 Å². The molecule has 2 aliphatic heterocycles. The fourth-order valence-corrected chi connectivity index (χ4v) is 5.76. The molecule has 32 heavy (non-hydrogen) atoms. The lowest BCUT2D eigenvalue weighted by molar-refractivity contribution is 0.0481. The van der Waals surface area contributed by atoms with Crippen molar-refractivity contribution in [3.8, 4) is 11.1 Å². The molecule has 6 nitrogen and oxygen atoms in total. The molecule has 2 aromatic rings. The van der Waals surface area contributed by atoms with Crippen LogP contribution in [-0.2, 0) is 13.0 Å². The lowest BCUT2D eigenvalue weighted by atomic mass is 9.87. The van der Waals surface area contributed by atoms with Gasteiger partial charge in [-0.3, -0.25) is 9.69 Å². The first kappa shape index (κ1) is 21.4. The number of hydrogen-bond acceptors (Lipinski definition) is 5. The van der Waals surface area contributed by atoms with Crippen molar-refractivity contribution in [2.75, 3.05) is 18.8 Å². The average molecular weight is 435 g/mol. The summed E-state index contributed by atoms with van der Waals surface area (Å²) in [5, 5.41) is 9.83. The SMILES string of the molecule is C[C@@H]1CCCN1Cc1ccc(-c2cnc(N)c3c2CCN(C2CCC(O)CC2)C3=O)cc1. The minimum Gasteiger partial charge on any atom is -0.393 e. The number of benzene rings is 1. The molecule has 3 N–H and O–H groups in total. The summed E-state index contributed by atoms with van der Waals surface area (Å²) in [6.07, 6.45) is 8.19. The van der Waals surface area contributed by atoms with Crippen LogP contribution in [0.15, 0.2) is 30.5 Å². The van der Waals surface area contributed by atoms with Crippen molar-refractivity contribution in [3.63, 3.8) is 0 Å². The van der Waals surface area contributed by atoms with E-state index in [4.69, 9.17) is 5.73 Å². The molecule has 1 aromatic heterocycles. The van der Waals surface area contributed by atoms with Gasteiger partial charge in [-0.25, -0.2) is 4.98 Å². The van der Waals surface area contributed by atoms with Crippen molar-refractivity contribution in [2.45, 2.75) is 76.6 Å². The normalized spacial score (nSPS) is 26.4. The number of carbonyl (C=O) groups is 1. The highest BCUT2D eigenvalue weighted by Gasteiger charge is 2.35. The van der Waals surface area contributed by atoms with E-state index >= 15 is 0 Å². The van der Waals surface area contributed by atoms with Crippen molar-refractivity contribution in [2.24, 2.45) is 0 Å². The number of nitrogens with zero attached hydrogens (tertiary/aromatic N) is 3. The second-order valence-corrected chi connectivity index (χ2v) is 9.78. The zero-order valence-electron chi connectivity index (χ0n) is 19.0. The summed E-state index contributed by atoms with van der Waals surface area (Å²) in [6, 6.07) is 9.56. The van der Waals surface area contributed by atoms with Gasteiger partial charge in [0.05, 0.1) is 11.7 Å². The third-order valence-electron chi connectivity index (χ3n) is 7.74. The van der Waals surface area contributed by atoms with E-state index in [9.17, 15) is 9.90 Å². The second-order valence-electron chi connectivity index (χ2n) is 9.78. The largest absolute Gasteiger partial charge is 0.393 e. The molecule has 1 aliphatic carbocycles. The van der Waals surface area contributed by atoms with Gasteiger partial charge in [0, 0.05) is 36.9 Å². The Morgan fingerprint density at radius 2 is 1.84 bits per heavy atom. The molecule has 0 spiro atoms. The Kier molecular flexibility index (Phi) is 5.91. The van der Waals surface area contributed by atoms with E-state index in [1.165, 1.54) is 24.9 Å². The number of anilines is 1. The number of nitrogen functional groups attached to an aromatic ring is 1. The molecule has 0 bridgehead atoms. The number of carbonyl (C=O) groups excluding carboxylic acids is 1. The first-order chi connectivity index (χ1) is 15.5. The highest BCUT2D eigenvalue weighted by atomic mass is 16.3. The fraction of sp³-hybridized carbons (Fsp3) is 0.538. The van der Waals surface area contributed by atoms with Crippen molar-refractivity contribution in [3.05, 3.63) is 47.2 Å². The molecule has 3 aliphatic rings. The summed E-state index contributed by atoms with van der Waals surface area (Å²) in [6.45, 7) is 5.18. The maximum absolute atomic E-state index is 13.4. The van der Waals surface area contributed by atoms with E-state index in [-0.39, 0.29) is 18.1 Å². The van der Waals surface area contributed by atoms with Crippen LogP contribution in [0.1, 0.15) is 66.9 Å². The number of rotatable bonds is 4. The maximum Gasteiger partial charge on any atom is 0.258 e. The van der Waals surface area contributed by atoms with Crippen LogP contribution in [0.5, 0.6) is 0 Å². The van der Waals surface area contributed by atoms with Crippen molar-refractivity contribution in [1.29, 1.82) is 0 Å². The fourth-order valence-electron chi connectivity index (χ4n) is 5.76. The molecular weight excluding hydrogens is 400 g/mol. The molecule has 2 fully saturated rings. The van der Waals surface area contributed by atoms with Crippen LogP contribution in [0, 0.1) is 0 Å². The summed E-state index contributed by atoms with van der Waals surface area (Å²) >= 11 is 0. The van der Waals surface area contributed by atoms with E-state index in [0.717, 1.165) is 55.3 Å². The van der Waals surface area contributed by atoms with Gasteiger partial charge in [0.1, 0.15) is 5.82 Å². The first-order valence-corrected chi connectivity index (χ1v) is 12.1. The van der Waals surface area contributed by atoms with Gasteiger partial charge < -0.3 is 15.7 Å². The van der Waals surface area contributed by atoms with Gasteiger partial charge in [0.15, 0.2) is 0 Å². The average Bonchev–Trinajstić information content (AvgIpc) is 3.20. The minimum atomic E-state index is -0.228. The molecule has 1 amide bonds. The molecular formula is C26H34N4O2. The number of pyridine rings is 1. The number of likely N-dealkylation sites (tertiary alicyclic amines) is 1. The lowest BCUT2D eigenvalue weighted by Crippen LogP contribution is -2.47. The van der Waals surface area contributed by atoms with Crippen LogP contribution in [0.3, 0.4) is 0 Å². The Balaban J connectivity index is 1.38. The molecule has 170 valence electrons. The number of nitrogens with two attached hydrogens (primary N) is 1. The van der Waals surface area contributed by atoms with Gasteiger partial charge in [-0.15, -0.1) is 0 Å². The van der Waals surface area contributed by atoms with E-state index < -0.39 is 0 Å². The Hall–Kier alpha value is -2.44. The quantitative estimate of drug-likeness (QED) is 0.768. The molecule has 3 heterocycles. The molecule has 0 unspecified atom stereocenters. The number of fused-ring (bicyclic) bond motifs is 1. The van der Waals surface area contributed by atoms with Crippen LogP contribution < -0.4 is 5.73 Å². The topological polar surface area (TPSA) is 82.7 Å². The number of amides is 1. The maximum atomic E-state index is 13.4. The Labute approximate surface area is 190 Å². The minimum absolute atomic E-state index is 0.000805. The third-order valence-corrected chi connectivity index (χ3v) is 7.74. The summed E-state index contributed by atoms with van der Waals surface area (Å²) in [4.78, 5) is 22.3. The monoisotopic (exact) mass is 434 g/mol. The predicted molar refractivity (Wildman–Crippen MR) is 126 cm³/mol. The zero-order valence-corrected chi connectivity index (χ0v) is 19.0. The third kappa shape index (κ3) is 4.02. The van der Waals surface area contributed by atoms with E-state index in [2.05, 4.69) is 41.1 Å². The van der Waals surface area contributed by atoms with Gasteiger partial charge >= 0.3 is 0 Å². The number of aliphatic hydroxyl groups is 1. The smallest absolute Gasteiger partial charge is 0.258 e. The molecule has 1 saturated carbocycles.